The van der Waals surface area contributed by atoms with E-state index in [9.17, 15) is 4.79 Å². The number of anilines is 2. The highest BCUT2D eigenvalue weighted by Crippen LogP contribution is 2.31. The van der Waals surface area contributed by atoms with Crippen molar-refractivity contribution >= 4 is 39.8 Å². The fourth-order valence-electron chi connectivity index (χ4n) is 2.68. The van der Waals surface area contributed by atoms with Crippen molar-refractivity contribution in [2.75, 3.05) is 24.2 Å². The fraction of sp³-hybridized carbons (Fsp3) is 0.526. The third-order valence-electron chi connectivity index (χ3n) is 4.51. The molecule has 140 valence electrons. The van der Waals surface area contributed by atoms with Crippen molar-refractivity contribution < 1.29 is 4.79 Å². The van der Waals surface area contributed by atoms with Gasteiger partial charge in [-0.3, -0.25) is 4.79 Å². The Labute approximate surface area is 163 Å². The van der Waals surface area contributed by atoms with Crippen molar-refractivity contribution in [3.8, 4) is 0 Å². The average Bonchev–Trinajstić information content (AvgIpc) is 3.33. The minimum Gasteiger partial charge on any atom is -0.342 e. The first-order valence-corrected chi connectivity index (χ1v) is 10.9. The molecular formula is C19H26N4OS2. The molecule has 0 spiro atoms. The number of thioether (sulfide) groups is 1. The van der Waals surface area contributed by atoms with Crippen LogP contribution in [-0.4, -0.2) is 39.8 Å². The smallest absolute Gasteiger partial charge is 0.233 e. The van der Waals surface area contributed by atoms with Crippen LogP contribution in [0.15, 0.2) is 22.5 Å². The normalized spacial score (nSPS) is 13.7. The molecule has 2 aromatic rings. The Morgan fingerprint density at radius 2 is 2.12 bits per heavy atom. The lowest BCUT2D eigenvalue weighted by Gasteiger charge is -2.21. The molecule has 1 N–H and O–H groups in total. The molecule has 0 bridgehead atoms. The quantitative estimate of drug-likeness (QED) is 0.632. The number of amides is 1. The highest BCUT2D eigenvalue weighted by atomic mass is 32.2. The first kappa shape index (κ1) is 19.2. The number of nitrogens with zero attached hydrogens (tertiary/aromatic N) is 3. The molecule has 0 unspecified atom stereocenters. The van der Waals surface area contributed by atoms with E-state index in [0.717, 1.165) is 40.6 Å². The maximum absolute atomic E-state index is 12.5. The minimum atomic E-state index is 0.211. The van der Waals surface area contributed by atoms with Gasteiger partial charge < -0.3 is 10.2 Å². The standard InChI is InChI=1S/C19H26N4OS2/c1-4-9-23(11-15-6-7-15)17(24)12-25-19-22-21-18(26-19)20-16-8-5-13(2)14(3)10-16/h5,8,10,15H,4,6-7,9,11-12H2,1-3H3,(H,20,21). The average molecular weight is 391 g/mol. The summed E-state index contributed by atoms with van der Waals surface area (Å²) in [5.74, 6) is 1.37. The largest absolute Gasteiger partial charge is 0.342 e. The van der Waals surface area contributed by atoms with E-state index in [1.807, 2.05) is 11.0 Å². The molecule has 1 aliphatic carbocycles. The Balaban J connectivity index is 1.52. The fourth-order valence-corrected chi connectivity index (χ4v) is 4.35. The SMILES string of the molecule is CCCN(CC1CC1)C(=O)CSc1nnc(Nc2ccc(C)c(C)c2)s1. The second kappa shape index (κ2) is 8.86. The summed E-state index contributed by atoms with van der Waals surface area (Å²) in [5.41, 5.74) is 3.52. The Morgan fingerprint density at radius 3 is 2.81 bits per heavy atom. The summed E-state index contributed by atoms with van der Waals surface area (Å²) in [6.45, 7) is 8.09. The number of aryl methyl sites for hydroxylation is 2. The summed E-state index contributed by atoms with van der Waals surface area (Å²) in [6.07, 6.45) is 3.54. The van der Waals surface area contributed by atoms with Crippen LogP contribution in [0.3, 0.4) is 0 Å². The Kier molecular flexibility index (Phi) is 6.53. The molecule has 1 fully saturated rings. The number of nitrogens with one attached hydrogen (secondary N) is 1. The maximum Gasteiger partial charge on any atom is 0.233 e. The second-order valence-electron chi connectivity index (χ2n) is 6.87. The van der Waals surface area contributed by atoms with Gasteiger partial charge in [0.05, 0.1) is 5.75 Å². The number of carbonyl (C=O) groups is 1. The molecule has 0 atom stereocenters. The van der Waals surface area contributed by atoms with Crippen molar-refractivity contribution in [2.24, 2.45) is 5.92 Å². The van der Waals surface area contributed by atoms with Crippen molar-refractivity contribution in [2.45, 2.75) is 44.4 Å². The van der Waals surface area contributed by atoms with Gasteiger partial charge >= 0.3 is 0 Å². The molecule has 7 heteroatoms. The van der Waals surface area contributed by atoms with Crippen LogP contribution in [-0.2, 0) is 4.79 Å². The van der Waals surface area contributed by atoms with Gasteiger partial charge in [0.1, 0.15) is 0 Å². The lowest BCUT2D eigenvalue weighted by Crippen LogP contribution is -2.34. The van der Waals surface area contributed by atoms with E-state index in [4.69, 9.17) is 0 Å². The van der Waals surface area contributed by atoms with E-state index in [2.05, 4.69) is 48.4 Å². The highest BCUT2D eigenvalue weighted by molar-refractivity contribution is 8.01. The highest BCUT2D eigenvalue weighted by Gasteiger charge is 2.26. The zero-order chi connectivity index (χ0) is 18.5. The first-order valence-electron chi connectivity index (χ1n) is 9.13. The molecule has 1 saturated carbocycles. The summed E-state index contributed by atoms with van der Waals surface area (Å²) in [5, 5.41) is 12.4. The van der Waals surface area contributed by atoms with Gasteiger partial charge in [0, 0.05) is 18.8 Å². The molecule has 0 radical (unpaired) electrons. The summed E-state index contributed by atoms with van der Waals surface area (Å²) < 4.78 is 0.826. The van der Waals surface area contributed by atoms with Gasteiger partial charge in [0.2, 0.25) is 11.0 Å². The third kappa shape index (κ3) is 5.45. The van der Waals surface area contributed by atoms with Gasteiger partial charge in [-0.1, -0.05) is 36.1 Å². The third-order valence-corrected chi connectivity index (χ3v) is 6.46. The van der Waals surface area contributed by atoms with E-state index in [1.54, 1.807) is 0 Å². The molecular weight excluding hydrogens is 364 g/mol. The first-order chi connectivity index (χ1) is 12.5. The summed E-state index contributed by atoms with van der Waals surface area (Å²) in [7, 11) is 0. The lowest BCUT2D eigenvalue weighted by molar-refractivity contribution is -0.128. The monoisotopic (exact) mass is 390 g/mol. The topological polar surface area (TPSA) is 58.1 Å². The number of hydrogen-bond acceptors (Lipinski definition) is 6. The van der Waals surface area contributed by atoms with Crippen LogP contribution < -0.4 is 5.32 Å². The molecule has 1 amide bonds. The molecule has 0 saturated heterocycles. The van der Waals surface area contributed by atoms with E-state index in [0.29, 0.717) is 5.75 Å². The van der Waals surface area contributed by atoms with Gasteiger partial charge in [-0.05, 0) is 62.3 Å². The van der Waals surface area contributed by atoms with Crippen LogP contribution in [0.5, 0.6) is 0 Å². The van der Waals surface area contributed by atoms with Gasteiger partial charge in [-0.2, -0.15) is 0 Å². The number of rotatable bonds is 9. The van der Waals surface area contributed by atoms with Gasteiger partial charge in [-0.15, -0.1) is 10.2 Å². The van der Waals surface area contributed by atoms with Crippen molar-refractivity contribution in [3.63, 3.8) is 0 Å². The van der Waals surface area contributed by atoms with Gasteiger partial charge in [0.15, 0.2) is 4.34 Å². The molecule has 26 heavy (non-hydrogen) atoms. The maximum atomic E-state index is 12.5. The molecule has 5 nitrogen and oxygen atoms in total. The van der Waals surface area contributed by atoms with Crippen molar-refractivity contribution in [3.05, 3.63) is 29.3 Å². The Hall–Kier alpha value is -1.60. The van der Waals surface area contributed by atoms with Gasteiger partial charge in [-0.25, -0.2) is 0 Å². The summed E-state index contributed by atoms with van der Waals surface area (Å²) in [4.78, 5) is 14.5. The van der Waals surface area contributed by atoms with Crippen LogP contribution in [0, 0.1) is 19.8 Å². The molecule has 1 aliphatic rings. The number of benzene rings is 1. The van der Waals surface area contributed by atoms with E-state index in [1.165, 1.54) is 47.1 Å². The lowest BCUT2D eigenvalue weighted by atomic mass is 10.1. The number of aromatic nitrogens is 2. The molecule has 0 aliphatic heterocycles. The summed E-state index contributed by atoms with van der Waals surface area (Å²) >= 11 is 2.97. The van der Waals surface area contributed by atoms with Crippen LogP contribution in [0.2, 0.25) is 0 Å². The van der Waals surface area contributed by atoms with Crippen molar-refractivity contribution in [1.29, 1.82) is 0 Å². The van der Waals surface area contributed by atoms with Crippen LogP contribution in [0.1, 0.15) is 37.3 Å². The number of hydrogen-bond donors (Lipinski definition) is 1. The van der Waals surface area contributed by atoms with E-state index in [-0.39, 0.29) is 5.91 Å². The zero-order valence-electron chi connectivity index (χ0n) is 15.6. The Bertz CT molecular complexity index is 758. The Morgan fingerprint density at radius 1 is 1.31 bits per heavy atom. The van der Waals surface area contributed by atoms with Gasteiger partial charge in [0.25, 0.3) is 0 Å². The van der Waals surface area contributed by atoms with E-state index >= 15 is 0 Å². The second-order valence-corrected chi connectivity index (χ2v) is 9.07. The molecule has 1 aromatic carbocycles. The van der Waals surface area contributed by atoms with Crippen LogP contribution in [0.25, 0.3) is 0 Å². The molecule has 1 heterocycles. The van der Waals surface area contributed by atoms with Crippen LogP contribution in [0.4, 0.5) is 10.8 Å². The summed E-state index contributed by atoms with van der Waals surface area (Å²) in [6, 6.07) is 6.24. The molecule has 3 rings (SSSR count). The minimum absolute atomic E-state index is 0.211. The van der Waals surface area contributed by atoms with E-state index < -0.39 is 0 Å². The number of carbonyl (C=O) groups excluding carboxylic acids is 1. The predicted octanol–water partition coefficient (Wildman–Crippen LogP) is 4.64. The van der Waals surface area contributed by atoms with Crippen LogP contribution >= 0.6 is 23.1 Å². The zero-order valence-corrected chi connectivity index (χ0v) is 17.3. The molecule has 1 aromatic heterocycles. The predicted molar refractivity (Wildman–Crippen MR) is 109 cm³/mol. The van der Waals surface area contributed by atoms with Crippen molar-refractivity contribution in [1.82, 2.24) is 15.1 Å².